The first-order valence-corrected chi connectivity index (χ1v) is 8.13. The van der Waals surface area contributed by atoms with Crippen molar-refractivity contribution in [2.45, 2.75) is 38.0 Å². The van der Waals surface area contributed by atoms with Crippen molar-refractivity contribution < 1.29 is 4.79 Å². The SMILES string of the molecule is CNCC(C)C(=O)NCC1(c2cccc(Cl)c2)CCCC1.Cl. The molecule has 3 nitrogen and oxygen atoms in total. The van der Waals surface area contributed by atoms with Crippen LogP contribution in [-0.4, -0.2) is 26.0 Å². The Morgan fingerprint density at radius 2 is 2.05 bits per heavy atom. The van der Waals surface area contributed by atoms with Gasteiger partial charge in [0.15, 0.2) is 0 Å². The molecule has 1 aromatic carbocycles. The Morgan fingerprint density at radius 3 is 2.64 bits per heavy atom. The van der Waals surface area contributed by atoms with Crippen LogP contribution < -0.4 is 10.6 Å². The minimum absolute atomic E-state index is 0. The third-order valence-electron chi connectivity index (χ3n) is 4.56. The van der Waals surface area contributed by atoms with Crippen LogP contribution in [0.15, 0.2) is 24.3 Å². The predicted molar refractivity (Wildman–Crippen MR) is 94.9 cm³/mol. The Labute approximate surface area is 144 Å². The van der Waals surface area contributed by atoms with Crippen molar-refractivity contribution >= 4 is 29.9 Å². The normalized spacial score (nSPS) is 17.6. The maximum Gasteiger partial charge on any atom is 0.224 e. The van der Waals surface area contributed by atoms with Gasteiger partial charge in [-0.05, 0) is 37.6 Å². The molecule has 1 fully saturated rings. The standard InChI is InChI=1S/C17H25ClN2O.ClH/c1-13(11-19-2)16(21)20-12-17(8-3-4-9-17)14-6-5-7-15(18)10-14;/h5-7,10,13,19H,3-4,8-9,11-12H2,1-2H3,(H,20,21);1H. The van der Waals surface area contributed by atoms with Crippen LogP contribution >= 0.6 is 24.0 Å². The first-order chi connectivity index (χ1) is 10.1. The summed E-state index contributed by atoms with van der Waals surface area (Å²) in [5.74, 6) is 0.116. The van der Waals surface area contributed by atoms with E-state index in [-0.39, 0.29) is 29.6 Å². The fraction of sp³-hybridized carbons (Fsp3) is 0.588. The second-order valence-electron chi connectivity index (χ2n) is 6.17. The highest BCUT2D eigenvalue weighted by Crippen LogP contribution is 2.41. The summed E-state index contributed by atoms with van der Waals surface area (Å²) in [6.07, 6.45) is 4.67. The van der Waals surface area contributed by atoms with Crippen LogP contribution in [0.4, 0.5) is 0 Å². The van der Waals surface area contributed by atoms with E-state index in [0.717, 1.165) is 17.9 Å². The monoisotopic (exact) mass is 344 g/mol. The van der Waals surface area contributed by atoms with Gasteiger partial charge in [-0.1, -0.05) is 43.5 Å². The number of hydrogen-bond acceptors (Lipinski definition) is 2. The molecule has 1 aliphatic rings. The molecule has 1 saturated carbocycles. The highest BCUT2D eigenvalue weighted by molar-refractivity contribution is 6.30. The van der Waals surface area contributed by atoms with E-state index >= 15 is 0 Å². The van der Waals surface area contributed by atoms with E-state index < -0.39 is 0 Å². The third kappa shape index (κ3) is 4.61. The Morgan fingerprint density at radius 1 is 1.36 bits per heavy atom. The second-order valence-corrected chi connectivity index (χ2v) is 6.61. The van der Waals surface area contributed by atoms with E-state index in [2.05, 4.69) is 22.8 Å². The molecule has 22 heavy (non-hydrogen) atoms. The van der Waals surface area contributed by atoms with Gasteiger partial charge >= 0.3 is 0 Å². The number of amides is 1. The van der Waals surface area contributed by atoms with Crippen LogP contribution in [0.5, 0.6) is 0 Å². The second kappa shape index (κ2) is 8.76. The number of halogens is 2. The van der Waals surface area contributed by atoms with Gasteiger partial charge in [0.1, 0.15) is 0 Å². The summed E-state index contributed by atoms with van der Waals surface area (Å²) in [6, 6.07) is 8.10. The van der Waals surface area contributed by atoms with Crippen molar-refractivity contribution in [2.24, 2.45) is 5.92 Å². The van der Waals surface area contributed by atoms with Gasteiger partial charge in [-0.25, -0.2) is 0 Å². The number of hydrogen-bond donors (Lipinski definition) is 2. The lowest BCUT2D eigenvalue weighted by Gasteiger charge is -2.30. The lowest BCUT2D eigenvalue weighted by Crippen LogP contribution is -2.42. The molecule has 0 saturated heterocycles. The minimum Gasteiger partial charge on any atom is -0.355 e. The number of benzene rings is 1. The minimum atomic E-state index is -0.00665. The summed E-state index contributed by atoms with van der Waals surface area (Å²) >= 11 is 6.14. The topological polar surface area (TPSA) is 41.1 Å². The van der Waals surface area contributed by atoms with Crippen molar-refractivity contribution in [2.75, 3.05) is 20.1 Å². The van der Waals surface area contributed by atoms with Crippen LogP contribution in [0.25, 0.3) is 0 Å². The third-order valence-corrected chi connectivity index (χ3v) is 4.79. The van der Waals surface area contributed by atoms with Gasteiger partial charge in [-0.15, -0.1) is 12.4 Å². The molecule has 1 amide bonds. The number of nitrogens with one attached hydrogen (secondary N) is 2. The van der Waals surface area contributed by atoms with E-state index in [1.54, 1.807) is 0 Å². The fourth-order valence-corrected chi connectivity index (χ4v) is 3.46. The maximum atomic E-state index is 12.2. The van der Waals surface area contributed by atoms with E-state index in [4.69, 9.17) is 11.6 Å². The quantitative estimate of drug-likeness (QED) is 0.828. The molecular weight excluding hydrogens is 319 g/mol. The lowest BCUT2D eigenvalue weighted by atomic mass is 9.78. The summed E-state index contributed by atoms with van der Waals surface area (Å²) in [7, 11) is 1.87. The van der Waals surface area contributed by atoms with Crippen LogP contribution in [0.3, 0.4) is 0 Å². The van der Waals surface area contributed by atoms with Crippen molar-refractivity contribution in [1.82, 2.24) is 10.6 Å². The summed E-state index contributed by atoms with van der Waals surface area (Å²) in [5.41, 5.74) is 1.31. The predicted octanol–water partition coefficient (Wildman–Crippen LogP) is 3.55. The van der Waals surface area contributed by atoms with Gasteiger partial charge in [0, 0.05) is 29.4 Å². The van der Waals surface area contributed by atoms with Gasteiger partial charge < -0.3 is 10.6 Å². The molecule has 5 heteroatoms. The molecule has 0 bridgehead atoms. The maximum absolute atomic E-state index is 12.2. The fourth-order valence-electron chi connectivity index (χ4n) is 3.27. The number of rotatable bonds is 6. The molecule has 1 atom stereocenters. The van der Waals surface area contributed by atoms with Crippen molar-refractivity contribution in [3.63, 3.8) is 0 Å². The van der Waals surface area contributed by atoms with E-state index in [1.807, 2.05) is 26.1 Å². The lowest BCUT2D eigenvalue weighted by molar-refractivity contribution is -0.124. The molecule has 0 heterocycles. The molecule has 1 aromatic rings. The van der Waals surface area contributed by atoms with E-state index in [0.29, 0.717) is 13.1 Å². The molecule has 1 aliphatic carbocycles. The molecular formula is C17H26Cl2N2O. The van der Waals surface area contributed by atoms with Gasteiger partial charge in [0.2, 0.25) is 5.91 Å². The molecule has 124 valence electrons. The average molecular weight is 345 g/mol. The summed E-state index contributed by atoms with van der Waals surface area (Å²) < 4.78 is 0. The largest absolute Gasteiger partial charge is 0.355 e. The molecule has 2 N–H and O–H groups in total. The smallest absolute Gasteiger partial charge is 0.224 e. The van der Waals surface area contributed by atoms with Crippen LogP contribution in [0.2, 0.25) is 5.02 Å². The zero-order valence-electron chi connectivity index (χ0n) is 13.3. The van der Waals surface area contributed by atoms with Crippen molar-refractivity contribution in [3.05, 3.63) is 34.9 Å². The van der Waals surface area contributed by atoms with Crippen molar-refractivity contribution in [1.29, 1.82) is 0 Å². The zero-order chi connectivity index (χ0) is 15.3. The van der Waals surface area contributed by atoms with Crippen LogP contribution in [-0.2, 0) is 10.2 Å². The summed E-state index contributed by atoms with van der Waals surface area (Å²) in [5, 5.41) is 6.96. The molecule has 2 rings (SSSR count). The first kappa shape index (κ1) is 19.3. The molecule has 0 aromatic heterocycles. The summed E-state index contributed by atoms with van der Waals surface area (Å²) in [6.45, 7) is 3.36. The Kier molecular flexibility index (Phi) is 7.67. The van der Waals surface area contributed by atoms with E-state index in [9.17, 15) is 4.79 Å². The van der Waals surface area contributed by atoms with Gasteiger partial charge in [0.25, 0.3) is 0 Å². The average Bonchev–Trinajstić information content (AvgIpc) is 2.95. The van der Waals surface area contributed by atoms with Gasteiger partial charge in [-0.3, -0.25) is 4.79 Å². The van der Waals surface area contributed by atoms with Crippen LogP contribution in [0, 0.1) is 5.92 Å². The zero-order valence-corrected chi connectivity index (χ0v) is 14.9. The highest BCUT2D eigenvalue weighted by Gasteiger charge is 2.36. The molecule has 1 unspecified atom stereocenters. The summed E-state index contributed by atoms with van der Waals surface area (Å²) in [4.78, 5) is 12.2. The van der Waals surface area contributed by atoms with Gasteiger partial charge in [0.05, 0.1) is 0 Å². The Bertz CT molecular complexity index is 487. The Hall–Kier alpha value is -0.770. The highest BCUT2D eigenvalue weighted by atomic mass is 35.5. The van der Waals surface area contributed by atoms with Crippen LogP contribution in [0.1, 0.15) is 38.2 Å². The molecule has 0 radical (unpaired) electrons. The van der Waals surface area contributed by atoms with Crippen molar-refractivity contribution in [3.8, 4) is 0 Å². The number of carbonyl (C=O) groups is 1. The molecule has 0 aliphatic heterocycles. The van der Waals surface area contributed by atoms with Gasteiger partial charge in [-0.2, -0.15) is 0 Å². The molecule has 0 spiro atoms. The van der Waals surface area contributed by atoms with E-state index in [1.165, 1.54) is 18.4 Å². The number of carbonyl (C=O) groups excluding carboxylic acids is 1. The first-order valence-electron chi connectivity index (χ1n) is 7.76. The Balaban J connectivity index is 0.00000242.